The van der Waals surface area contributed by atoms with Crippen LogP contribution in [0.3, 0.4) is 0 Å². The summed E-state index contributed by atoms with van der Waals surface area (Å²) < 4.78 is 0. The molecule has 0 amide bonds. The SMILES string of the molecule is Cc1cc(C(C)(C)C)ccc1-c1cccc2[cH-]c([Si](c3cc4c(-c5ccc(C(C)(C)C)cc5C)cccc4[cH-]3)(C3CCCC3)C3CCCC3)cc12.[CH3-].[CH3-].[Hf+4]. The van der Waals surface area contributed by atoms with Crippen LogP contribution in [0.5, 0.6) is 0 Å². The van der Waals surface area contributed by atoms with Crippen molar-refractivity contribution in [1.82, 2.24) is 0 Å². The molecule has 6 aromatic carbocycles. The van der Waals surface area contributed by atoms with Gasteiger partial charge >= 0.3 is 25.8 Å². The van der Waals surface area contributed by atoms with E-state index in [1.54, 1.807) is 10.4 Å². The Balaban J connectivity index is 0.00000187. The molecule has 0 heterocycles. The van der Waals surface area contributed by atoms with Crippen LogP contribution in [0, 0.1) is 28.7 Å². The van der Waals surface area contributed by atoms with Crippen LogP contribution in [0.1, 0.15) is 115 Å². The van der Waals surface area contributed by atoms with Gasteiger partial charge < -0.3 is 14.9 Å². The van der Waals surface area contributed by atoms with Gasteiger partial charge in [0.25, 0.3) is 0 Å². The Morgan fingerprint density at radius 1 is 0.500 bits per heavy atom. The smallest absolute Gasteiger partial charge is 0.358 e. The molecule has 2 saturated carbocycles. The van der Waals surface area contributed by atoms with Crippen LogP contribution in [0.4, 0.5) is 0 Å². The van der Waals surface area contributed by atoms with E-state index in [0.29, 0.717) is 0 Å². The molecule has 0 aromatic heterocycles. The first-order valence-electron chi connectivity index (χ1n) is 20.0. The van der Waals surface area contributed by atoms with E-state index in [1.165, 1.54) is 117 Å². The third-order valence-electron chi connectivity index (χ3n) is 13.2. The maximum absolute atomic E-state index is 2.72. The summed E-state index contributed by atoms with van der Waals surface area (Å²) in [5.41, 5.74) is 13.1. The summed E-state index contributed by atoms with van der Waals surface area (Å²) in [6.07, 6.45) is 11.1. The van der Waals surface area contributed by atoms with Crippen LogP contribution in [0.15, 0.2) is 97.1 Å². The number of hydrogen-bond acceptors (Lipinski definition) is 0. The van der Waals surface area contributed by atoms with Gasteiger partial charge in [0, 0.05) is 0 Å². The van der Waals surface area contributed by atoms with Crippen LogP contribution in [0.25, 0.3) is 43.8 Å². The fourth-order valence-electron chi connectivity index (χ4n) is 10.5. The van der Waals surface area contributed by atoms with Gasteiger partial charge in [-0.05, 0) is 69.1 Å². The van der Waals surface area contributed by atoms with Crippen LogP contribution in [0.2, 0.25) is 11.1 Å². The standard InChI is InChI=1S/C50H58Si.2CH3.Hf/c1-33-27-37(49(3,4)5)23-25-43(33)45-21-13-15-35-29-41(31-47(35)45)51(39-17-9-10-18-39,40-19-11-12-20-40)42-30-36-16-14-22-46(48(36)32-42)44-26-24-38(28-34(44)2)50(6,7)8;;;/h13-16,21-32,39-40H,9-12,17-20H2,1-8H3;2*1H3;/q-2;2*-1;+4. The Bertz CT molecular complexity index is 2060. The van der Waals surface area contributed by atoms with Crippen molar-refractivity contribution in [3.05, 3.63) is 134 Å². The summed E-state index contributed by atoms with van der Waals surface area (Å²) in [5, 5.41) is 9.21. The summed E-state index contributed by atoms with van der Waals surface area (Å²) in [6, 6.07) is 39.4. The van der Waals surface area contributed by atoms with Crippen LogP contribution in [-0.4, -0.2) is 8.07 Å². The average molecular weight is 896 g/mol. The minimum atomic E-state index is -2.19. The zero-order valence-corrected chi connectivity index (χ0v) is 39.6. The Labute approximate surface area is 348 Å². The molecule has 0 unspecified atom stereocenters. The number of aryl methyl sites for hydroxylation is 2. The quantitative estimate of drug-likeness (QED) is 0.115. The van der Waals surface area contributed by atoms with E-state index in [2.05, 4.69) is 152 Å². The zero-order valence-electron chi connectivity index (χ0n) is 35.0. The van der Waals surface area contributed by atoms with Crippen molar-refractivity contribution in [3.8, 4) is 22.3 Å². The van der Waals surface area contributed by atoms with Gasteiger partial charge in [-0.25, -0.2) is 0 Å². The fourth-order valence-corrected chi connectivity index (χ4v) is 17.6. The maximum Gasteiger partial charge on any atom is 4.00 e. The second-order valence-corrected chi connectivity index (χ2v) is 23.0. The summed E-state index contributed by atoms with van der Waals surface area (Å²) in [7, 11) is -2.19. The summed E-state index contributed by atoms with van der Waals surface area (Å²) in [6.45, 7) is 18.6. The predicted octanol–water partition coefficient (Wildman–Crippen LogP) is 14.3. The molecule has 0 atom stereocenters. The number of hydrogen-bond donors (Lipinski definition) is 0. The Morgan fingerprint density at radius 3 is 1.20 bits per heavy atom. The Kier molecular flexibility index (Phi) is 12.5. The molecular formula is C52H64HfSi. The van der Waals surface area contributed by atoms with E-state index in [-0.39, 0.29) is 51.5 Å². The first-order valence-corrected chi connectivity index (χ1v) is 22.1. The molecule has 0 bridgehead atoms. The van der Waals surface area contributed by atoms with Gasteiger partial charge in [-0.1, -0.05) is 153 Å². The van der Waals surface area contributed by atoms with E-state index >= 15 is 0 Å². The van der Waals surface area contributed by atoms with Crippen LogP contribution < -0.4 is 10.4 Å². The van der Waals surface area contributed by atoms with E-state index in [4.69, 9.17) is 0 Å². The molecule has 2 aliphatic rings. The average Bonchev–Trinajstić information content (AvgIpc) is 3.92. The normalized spacial score (nSPS) is 15.7. The van der Waals surface area contributed by atoms with Gasteiger partial charge in [-0.15, -0.1) is 68.3 Å². The second-order valence-electron chi connectivity index (χ2n) is 18.5. The molecule has 0 N–H and O–H groups in total. The summed E-state index contributed by atoms with van der Waals surface area (Å²) in [4.78, 5) is 0. The molecular weight excluding hydrogens is 831 g/mol. The van der Waals surface area contributed by atoms with E-state index in [1.807, 2.05) is 0 Å². The largest absolute Gasteiger partial charge is 4.00 e. The molecule has 0 spiro atoms. The molecule has 54 heavy (non-hydrogen) atoms. The zero-order chi connectivity index (χ0) is 35.7. The van der Waals surface area contributed by atoms with Crippen molar-refractivity contribution >= 4 is 40.0 Å². The number of fused-ring (bicyclic) bond motifs is 2. The molecule has 0 saturated heterocycles. The minimum Gasteiger partial charge on any atom is -0.358 e. The van der Waals surface area contributed by atoms with Gasteiger partial charge in [-0.2, -0.15) is 12.1 Å². The topological polar surface area (TPSA) is 0 Å². The summed E-state index contributed by atoms with van der Waals surface area (Å²) >= 11 is 0. The first kappa shape index (κ1) is 42.3. The van der Waals surface area contributed by atoms with E-state index < -0.39 is 8.07 Å². The first-order chi connectivity index (χ1) is 24.4. The third kappa shape index (κ3) is 7.29. The predicted molar refractivity (Wildman–Crippen MR) is 239 cm³/mol. The van der Waals surface area contributed by atoms with E-state index in [9.17, 15) is 0 Å². The Hall–Kier alpha value is -2.81. The molecule has 8 rings (SSSR count). The third-order valence-corrected chi connectivity index (χ3v) is 19.4. The van der Waals surface area contributed by atoms with Crippen molar-refractivity contribution in [1.29, 1.82) is 0 Å². The van der Waals surface area contributed by atoms with Gasteiger partial charge in [-0.3, -0.25) is 0 Å². The number of benzene rings is 4. The van der Waals surface area contributed by atoms with Crippen molar-refractivity contribution in [2.45, 2.75) is 129 Å². The monoisotopic (exact) mass is 896 g/mol. The molecule has 0 radical (unpaired) electrons. The molecule has 6 aromatic rings. The molecule has 2 fully saturated rings. The molecule has 0 aliphatic heterocycles. The van der Waals surface area contributed by atoms with Gasteiger partial charge in [0.1, 0.15) is 0 Å². The minimum absolute atomic E-state index is 0. The van der Waals surface area contributed by atoms with Crippen molar-refractivity contribution in [3.63, 3.8) is 0 Å². The van der Waals surface area contributed by atoms with Gasteiger partial charge in [0.2, 0.25) is 0 Å². The molecule has 0 nitrogen and oxygen atoms in total. The van der Waals surface area contributed by atoms with Gasteiger partial charge in [0.15, 0.2) is 0 Å². The van der Waals surface area contributed by atoms with Gasteiger partial charge in [0.05, 0.1) is 8.07 Å². The van der Waals surface area contributed by atoms with Crippen molar-refractivity contribution in [2.24, 2.45) is 0 Å². The van der Waals surface area contributed by atoms with Crippen LogP contribution in [-0.2, 0) is 36.7 Å². The molecule has 2 aliphatic carbocycles. The Morgan fingerprint density at radius 2 is 0.870 bits per heavy atom. The molecule has 280 valence electrons. The van der Waals surface area contributed by atoms with E-state index in [0.717, 1.165) is 11.1 Å². The van der Waals surface area contributed by atoms with Crippen LogP contribution >= 0.6 is 0 Å². The van der Waals surface area contributed by atoms with Crippen molar-refractivity contribution in [2.75, 3.05) is 0 Å². The summed E-state index contributed by atoms with van der Waals surface area (Å²) in [5.74, 6) is 0. The van der Waals surface area contributed by atoms with Crippen molar-refractivity contribution < 1.29 is 25.8 Å². The maximum atomic E-state index is 2.72. The molecule has 2 heteroatoms. The number of rotatable bonds is 6. The second kappa shape index (κ2) is 16.0. The fraction of sp³-hybridized carbons (Fsp3) is 0.385.